The van der Waals surface area contributed by atoms with Gasteiger partial charge in [-0.15, -0.1) is 0 Å². The van der Waals surface area contributed by atoms with Crippen LogP contribution in [-0.2, 0) is 22.4 Å². The van der Waals surface area contributed by atoms with Crippen molar-refractivity contribution in [3.05, 3.63) is 51.8 Å². The molecule has 0 spiro atoms. The fourth-order valence-electron chi connectivity index (χ4n) is 4.44. The van der Waals surface area contributed by atoms with Crippen LogP contribution in [0.1, 0.15) is 73.8 Å². The molecule has 34 heavy (non-hydrogen) atoms. The molecule has 0 bridgehead atoms. The molecule has 8 nitrogen and oxygen atoms in total. The lowest BCUT2D eigenvalue weighted by molar-refractivity contribution is -0.0334. The van der Waals surface area contributed by atoms with E-state index in [0.29, 0.717) is 49.9 Å². The second-order valence-electron chi connectivity index (χ2n) is 10.2. The van der Waals surface area contributed by atoms with Crippen LogP contribution in [0.3, 0.4) is 0 Å². The van der Waals surface area contributed by atoms with E-state index < -0.39 is 5.60 Å². The third kappa shape index (κ3) is 5.23. The molecule has 2 amide bonds. The number of hydrogen-bond acceptors (Lipinski definition) is 5. The first-order chi connectivity index (χ1) is 16.0. The lowest BCUT2D eigenvalue weighted by Gasteiger charge is -2.39. The van der Waals surface area contributed by atoms with E-state index in [4.69, 9.17) is 21.1 Å². The number of carbonyl (C=O) groups is 2. The molecule has 2 aliphatic rings. The van der Waals surface area contributed by atoms with Crippen molar-refractivity contribution in [2.24, 2.45) is 0 Å². The molecule has 1 atom stereocenters. The Morgan fingerprint density at radius 2 is 2.00 bits per heavy atom. The first-order valence-electron chi connectivity index (χ1n) is 11.8. The summed E-state index contributed by atoms with van der Waals surface area (Å²) in [6, 6.07) is 3.69. The van der Waals surface area contributed by atoms with E-state index in [0.717, 1.165) is 16.7 Å². The lowest BCUT2D eigenvalue weighted by Crippen LogP contribution is -2.46. The van der Waals surface area contributed by atoms with Gasteiger partial charge in [0.2, 0.25) is 0 Å². The largest absolute Gasteiger partial charge is 0.444 e. The zero-order valence-electron chi connectivity index (χ0n) is 20.5. The molecule has 1 unspecified atom stereocenters. The molecule has 1 fully saturated rings. The molecule has 2 aromatic rings. The normalized spacial score (nSPS) is 18.7. The van der Waals surface area contributed by atoms with Gasteiger partial charge in [0.1, 0.15) is 5.60 Å². The molecule has 184 valence electrons. The molecule has 2 aliphatic heterocycles. The Morgan fingerprint density at radius 3 is 2.68 bits per heavy atom. The van der Waals surface area contributed by atoms with Crippen LogP contribution in [0.4, 0.5) is 4.79 Å². The Hall–Kier alpha value is -2.58. The maximum atomic E-state index is 13.3. The Kier molecular flexibility index (Phi) is 6.92. The summed E-state index contributed by atoms with van der Waals surface area (Å²) >= 11 is 6.49. The second-order valence-corrected chi connectivity index (χ2v) is 10.6. The molecule has 0 saturated carbocycles. The fourth-order valence-corrected chi connectivity index (χ4v) is 4.69. The fraction of sp³-hybridized carbons (Fsp3) is 0.560. The summed E-state index contributed by atoms with van der Waals surface area (Å²) in [4.78, 5) is 29.8. The van der Waals surface area contributed by atoms with E-state index in [9.17, 15) is 9.59 Å². The number of nitrogens with zero attached hydrogens (tertiary/aromatic N) is 4. The Bertz CT molecular complexity index is 1080. The number of morpholine rings is 1. The van der Waals surface area contributed by atoms with Crippen molar-refractivity contribution < 1.29 is 19.1 Å². The monoisotopic (exact) mass is 488 g/mol. The van der Waals surface area contributed by atoms with Crippen molar-refractivity contribution in [2.75, 3.05) is 26.3 Å². The summed E-state index contributed by atoms with van der Waals surface area (Å²) in [5, 5.41) is 4.93. The SMILES string of the molecule is CC(C)n1cc(C(=O)N2CCc3cc(Cl)cc(C4COCCN4C(=O)OC(C)(C)C)c3C2)cn1. The minimum Gasteiger partial charge on any atom is -0.444 e. The average Bonchev–Trinajstić information content (AvgIpc) is 3.27. The predicted molar refractivity (Wildman–Crippen MR) is 129 cm³/mol. The zero-order chi connectivity index (χ0) is 24.6. The number of benzene rings is 1. The van der Waals surface area contributed by atoms with Crippen molar-refractivity contribution in [1.82, 2.24) is 19.6 Å². The van der Waals surface area contributed by atoms with Crippen LogP contribution < -0.4 is 0 Å². The number of carbonyl (C=O) groups excluding carboxylic acids is 2. The molecule has 4 rings (SSSR count). The van der Waals surface area contributed by atoms with Crippen molar-refractivity contribution in [3.8, 4) is 0 Å². The molecule has 0 radical (unpaired) electrons. The van der Waals surface area contributed by atoms with Gasteiger partial charge in [0, 0.05) is 36.9 Å². The van der Waals surface area contributed by atoms with E-state index in [1.165, 1.54) is 0 Å². The van der Waals surface area contributed by atoms with Gasteiger partial charge in [0.25, 0.3) is 5.91 Å². The molecule has 9 heteroatoms. The Labute approximate surface area is 205 Å². The van der Waals surface area contributed by atoms with Crippen LogP contribution >= 0.6 is 11.6 Å². The van der Waals surface area contributed by atoms with Crippen LogP contribution in [0.25, 0.3) is 0 Å². The highest BCUT2D eigenvalue weighted by atomic mass is 35.5. The van der Waals surface area contributed by atoms with Crippen LogP contribution in [-0.4, -0.2) is 63.5 Å². The molecular weight excluding hydrogens is 456 g/mol. The number of fused-ring (bicyclic) bond motifs is 1. The first kappa shape index (κ1) is 24.5. The van der Waals surface area contributed by atoms with Gasteiger partial charge in [-0.05, 0) is 69.9 Å². The van der Waals surface area contributed by atoms with Gasteiger partial charge in [0.05, 0.1) is 31.0 Å². The minimum atomic E-state index is -0.600. The van der Waals surface area contributed by atoms with Crippen LogP contribution in [0.15, 0.2) is 24.5 Å². The molecule has 0 aliphatic carbocycles. The third-order valence-corrected chi connectivity index (χ3v) is 6.34. The maximum absolute atomic E-state index is 13.3. The lowest BCUT2D eigenvalue weighted by atomic mass is 9.90. The van der Waals surface area contributed by atoms with E-state index >= 15 is 0 Å². The zero-order valence-corrected chi connectivity index (χ0v) is 21.3. The van der Waals surface area contributed by atoms with Crippen LogP contribution in [0, 0.1) is 0 Å². The van der Waals surface area contributed by atoms with Gasteiger partial charge >= 0.3 is 6.09 Å². The summed E-state index contributed by atoms with van der Waals surface area (Å²) in [5.41, 5.74) is 2.99. The average molecular weight is 489 g/mol. The highest BCUT2D eigenvalue weighted by Gasteiger charge is 2.35. The van der Waals surface area contributed by atoms with E-state index in [2.05, 4.69) is 5.10 Å². The highest BCUT2D eigenvalue weighted by Crippen LogP contribution is 2.35. The Balaban J connectivity index is 1.63. The molecule has 3 heterocycles. The standard InChI is InChI=1S/C25H33ClN4O4/c1-16(2)30-13-18(12-27-30)23(31)28-7-6-17-10-19(26)11-20(21(17)14-28)22-15-33-9-8-29(22)24(32)34-25(3,4)5/h10-13,16,22H,6-9,14-15H2,1-5H3. The first-order valence-corrected chi connectivity index (χ1v) is 12.1. The molecule has 1 aromatic carbocycles. The van der Waals surface area contributed by atoms with Gasteiger partial charge in [-0.1, -0.05) is 11.6 Å². The molecular formula is C25H33ClN4O4. The van der Waals surface area contributed by atoms with E-state index in [1.54, 1.807) is 22.0 Å². The smallest absolute Gasteiger partial charge is 0.410 e. The van der Waals surface area contributed by atoms with Gasteiger partial charge in [0.15, 0.2) is 0 Å². The number of rotatable bonds is 3. The third-order valence-electron chi connectivity index (χ3n) is 6.12. The van der Waals surface area contributed by atoms with Crippen molar-refractivity contribution in [3.63, 3.8) is 0 Å². The van der Waals surface area contributed by atoms with Gasteiger partial charge in [-0.3, -0.25) is 14.4 Å². The number of halogens is 1. The summed E-state index contributed by atoms with van der Waals surface area (Å²) < 4.78 is 13.2. The summed E-state index contributed by atoms with van der Waals surface area (Å²) in [5.74, 6) is -0.0534. The minimum absolute atomic E-state index is 0.0534. The summed E-state index contributed by atoms with van der Waals surface area (Å²) in [6.45, 7) is 11.9. The Morgan fingerprint density at radius 1 is 1.24 bits per heavy atom. The topological polar surface area (TPSA) is 76.9 Å². The molecule has 1 aromatic heterocycles. The van der Waals surface area contributed by atoms with Crippen molar-refractivity contribution >= 4 is 23.6 Å². The van der Waals surface area contributed by atoms with Crippen molar-refractivity contribution in [2.45, 2.75) is 65.3 Å². The number of amides is 2. The van der Waals surface area contributed by atoms with Gasteiger partial charge in [-0.2, -0.15) is 5.10 Å². The van der Waals surface area contributed by atoms with Crippen LogP contribution in [0.2, 0.25) is 5.02 Å². The number of aromatic nitrogens is 2. The molecule has 0 N–H and O–H groups in total. The quantitative estimate of drug-likeness (QED) is 0.629. The summed E-state index contributed by atoms with van der Waals surface area (Å²) in [7, 11) is 0. The molecule has 1 saturated heterocycles. The van der Waals surface area contributed by atoms with Crippen LogP contribution in [0.5, 0.6) is 0 Å². The van der Waals surface area contributed by atoms with Crippen molar-refractivity contribution in [1.29, 1.82) is 0 Å². The predicted octanol–water partition coefficient (Wildman–Crippen LogP) is 4.62. The second kappa shape index (κ2) is 9.58. The van der Waals surface area contributed by atoms with Gasteiger partial charge in [-0.25, -0.2) is 4.79 Å². The number of ether oxygens (including phenoxy) is 2. The number of hydrogen-bond donors (Lipinski definition) is 0. The summed E-state index contributed by atoms with van der Waals surface area (Å²) in [6.07, 6.45) is 3.73. The highest BCUT2D eigenvalue weighted by molar-refractivity contribution is 6.30. The van der Waals surface area contributed by atoms with E-state index in [-0.39, 0.29) is 24.1 Å². The van der Waals surface area contributed by atoms with Gasteiger partial charge < -0.3 is 14.4 Å². The van der Waals surface area contributed by atoms with E-state index in [1.807, 2.05) is 51.7 Å². The maximum Gasteiger partial charge on any atom is 0.410 e.